The molecular formula is C25H33FN2O3. The Kier molecular flexibility index (Phi) is 7.14. The highest BCUT2D eigenvalue weighted by Gasteiger charge is 2.26. The third kappa shape index (κ3) is 6.54. The second-order valence-electron chi connectivity index (χ2n) is 9.96. The monoisotopic (exact) mass is 428 g/mol. The molecule has 0 aliphatic rings. The summed E-state index contributed by atoms with van der Waals surface area (Å²) in [6.07, 6.45) is 0.725. The molecule has 2 aromatic carbocycles. The second kappa shape index (κ2) is 9.08. The number of carbonyl (C=O) groups excluding carboxylic acids is 2. The molecule has 0 bridgehead atoms. The maximum Gasteiger partial charge on any atom is 0.224 e. The molecule has 0 heterocycles. The Morgan fingerprint density at radius 1 is 0.935 bits per heavy atom. The molecule has 6 heteroatoms. The zero-order chi connectivity index (χ0) is 23.6. The molecule has 2 aromatic rings. The number of phenolic OH excluding ortho intramolecular Hbond substituents is 1. The van der Waals surface area contributed by atoms with Gasteiger partial charge in [-0.15, -0.1) is 0 Å². The molecule has 0 radical (unpaired) electrons. The van der Waals surface area contributed by atoms with Gasteiger partial charge in [0.2, 0.25) is 11.8 Å². The molecule has 0 saturated carbocycles. The predicted octanol–water partition coefficient (Wildman–Crippen LogP) is 5.66. The summed E-state index contributed by atoms with van der Waals surface area (Å²) in [5.41, 5.74) is 2.64. The largest absolute Gasteiger partial charge is 0.507 e. The van der Waals surface area contributed by atoms with E-state index in [1.807, 2.05) is 53.7 Å². The van der Waals surface area contributed by atoms with Crippen molar-refractivity contribution in [3.05, 3.63) is 52.8 Å². The maximum absolute atomic E-state index is 13.8. The lowest BCUT2D eigenvalue weighted by atomic mass is 9.78. The van der Waals surface area contributed by atoms with E-state index in [0.29, 0.717) is 17.9 Å². The molecule has 0 aliphatic heterocycles. The van der Waals surface area contributed by atoms with E-state index in [9.17, 15) is 19.1 Å². The molecule has 31 heavy (non-hydrogen) atoms. The molecule has 0 saturated heterocycles. The molecule has 168 valence electrons. The van der Waals surface area contributed by atoms with Crippen LogP contribution >= 0.6 is 0 Å². The van der Waals surface area contributed by atoms with Crippen LogP contribution in [0.4, 0.5) is 15.8 Å². The molecule has 0 aromatic heterocycles. The van der Waals surface area contributed by atoms with Gasteiger partial charge < -0.3 is 15.7 Å². The van der Waals surface area contributed by atoms with Crippen LogP contribution in [0.1, 0.15) is 71.6 Å². The first-order valence-corrected chi connectivity index (χ1v) is 10.4. The van der Waals surface area contributed by atoms with Crippen LogP contribution in [0, 0.1) is 5.82 Å². The number of aryl methyl sites for hydroxylation is 1. The minimum Gasteiger partial charge on any atom is -0.507 e. The van der Waals surface area contributed by atoms with Gasteiger partial charge in [-0.3, -0.25) is 9.59 Å². The van der Waals surface area contributed by atoms with Crippen molar-refractivity contribution in [3.63, 3.8) is 0 Å². The molecule has 0 aliphatic carbocycles. The number of rotatable bonds is 5. The molecule has 0 atom stereocenters. The Balaban J connectivity index is 2.19. The lowest BCUT2D eigenvalue weighted by molar-refractivity contribution is -0.116. The van der Waals surface area contributed by atoms with Crippen LogP contribution in [-0.2, 0) is 26.8 Å². The summed E-state index contributed by atoms with van der Waals surface area (Å²) >= 11 is 0. The van der Waals surface area contributed by atoms with Crippen LogP contribution < -0.4 is 10.6 Å². The molecule has 0 unspecified atom stereocenters. The summed E-state index contributed by atoms with van der Waals surface area (Å²) < 4.78 is 13.8. The van der Waals surface area contributed by atoms with Gasteiger partial charge in [-0.05, 0) is 52.1 Å². The quantitative estimate of drug-likeness (QED) is 0.575. The third-order valence-corrected chi connectivity index (χ3v) is 4.99. The van der Waals surface area contributed by atoms with Gasteiger partial charge in [0.25, 0.3) is 0 Å². The Labute approximate surface area is 184 Å². The van der Waals surface area contributed by atoms with Crippen LogP contribution in [0.25, 0.3) is 0 Å². The van der Waals surface area contributed by atoms with Gasteiger partial charge in [-0.1, -0.05) is 53.7 Å². The van der Waals surface area contributed by atoms with Crippen molar-refractivity contribution in [2.45, 2.75) is 72.1 Å². The van der Waals surface area contributed by atoms with E-state index in [0.717, 1.165) is 16.7 Å². The second-order valence-corrected chi connectivity index (χ2v) is 9.96. The van der Waals surface area contributed by atoms with E-state index in [1.54, 1.807) is 0 Å². The van der Waals surface area contributed by atoms with Gasteiger partial charge in [0.15, 0.2) is 0 Å². The first kappa shape index (κ1) is 24.4. The minimum absolute atomic E-state index is 0.0217. The molecule has 0 spiro atoms. The Hall–Kier alpha value is -2.89. The smallest absolute Gasteiger partial charge is 0.224 e. The summed E-state index contributed by atoms with van der Waals surface area (Å²) in [7, 11) is 0. The van der Waals surface area contributed by atoms with Crippen LogP contribution in [0.2, 0.25) is 0 Å². The van der Waals surface area contributed by atoms with Crippen molar-refractivity contribution in [2.75, 3.05) is 10.6 Å². The van der Waals surface area contributed by atoms with Crippen molar-refractivity contribution < 1.29 is 19.1 Å². The number of hydrogen-bond donors (Lipinski definition) is 3. The summed E-state index contributed by atoms with van der Waals surface area (Å²) in [6, 6.07) is 7.97. The standard InChI is InChI=1S/C25H33FN2O3/c1-15(29)27-21-14-17(9-10-20(21)26)28-22(30)11-8-16-12-18(24(2,3)4)23(31)19(13-16)25(5,6)7/h9-10,12-14,31H,8,11H2,1-7H3,(H,27,29)(H,28,30). The molecule has 2 rings (SSSR count). The van der Waals surface area contributed by atoms with Crippen LogP contribution in [-0.4, -0.2) is 16.9 Å². The average Bonchev–Trinajstić information content (AvgIpc) is 2.61. The molecule has 5 nitrogen and oxygen atoms in total. The fourth-order valence-electron chi connectivity index (χ4n) is 3.35. The van der Waals surface area contributed by atoms with Crippen LogP contribution in [0.3, 0.4) is 0 Å². The minimum atomic E-state index is -0.568. The third-order valence-electron chi connectivity index (χ3n) is 4.99. The van der Waals surface area contributed by atoms with Crippen molar-refractivity contribution >= 4 is 23.2 Å². The van der Waals surface area contributed by atoms with Crippen molar-refractivity contribution in [2.24, 2.45) is 0 Å². The van der Waals surface area contributed by atoms with Gasteiger partial charge in [0.05, 0.1) is 5.69 Å². The highest BCUT2D eigenvalue weighted by molar-refractivity contribution is 5.93. The zero-order valence-electron chi connectivity index (χ0n) is 19.4. The highest BCUT2D eigenvalue weighted by Crippen LogP contribution is 2.40. The lowest BCUT2D eigenvalue weighted by Crippen LogP contribution is -2.18. The maximum atomic E-state index is 13.8. The predicted molar refractivity (Wildman–Crippen MR) is 123 cm³/mol. The number of benzene rings is 2. The Morgan fingerprint density at radius 3 is 1.97 bits per heavy atom. The van der Waals surface area contributed by atoms with Crippen molar-refractivity contribution in [1.82, 2.24) is 0 Å². The number of aromatic hydroxyl groups is 1. The zero-order valence-corrected chi connectivity index (χ0v) is 19.4. The van der Waals surface area contributed by atoms with Gasteiger partial charge in [0.1, 0.15) is 11.6 Å². The van der Waals surface area contributed by atoms with E-state index in [4.69, 9.17) is 0 Å². The molecule has 2 amide bonds. The SMILES string of the molecule is CC(=O)Nc1cc(NC(=O)CCc2cc(C(C)(C)C)c(O)c(C(C)(C)C)c2)ccc1F. The van der Waals surface area contributed by atoms with Gasteiger partial charge >= 0.3 is 0 Å². The van der Waals surface area contributed by atoms with Crippen molar-refractivity contribution in [1.29, 1.82) is 0 Å². The molecular weight excluding hydrogens is 395 g/mol. The number of phenols is 1. The van der Waals surface area contributed by atoms with E-state index in [-0.39, 0.29) is 34.8 Å². The fraction of sp³-hybridized carbons (Fsp3) is 0.440. The Morgan fingerprint density at radius 2 is 1.48 bits per heavy atom. The van der Waals surface area contributed by atoms with Gasteiger partial charge in [-0.25, -0.2) is 4.39 Å². The lowest BCUT2D eigenvalue weighted by Gasteiger charge is -2.28. The number of amides is 2. The molecule has 3 N–H and O–H groups in total. The van der Waals surface area contributed by atoms with Crippen LogP contribution in [0.5, 0.6) is 5.75 Å². The first-order valence-electron chi connectivity index (χ1n) is 10.4. The average molecular weight is 429 g/mol. The highest BCUT2D eigenvalue weighted by atomic mass is 19.1. The van der Waals surface area contributed by atoms with E-state index in [1.165, 1.54) is 25.1 Å². The van der Waals surface area contributed by atoms with E-state index < -0.39 is 5.82 Å². The number of carbonyl (C=O) groups is 2. The topological polar surface area (TPSA) is 78.4 Å². The summed E-state index contributed by atoms with van der Waals surface area (Å²) in [4.78, 5) is 23.7. The normalized spacial score (nSPS) is 11.9. The van der Waals surface area contributed by atoms with Crippen molar-refractivity contribution in [3.8, 4) is 5.75 Å². The van der Waals surface area contributed by atoms with E-state index in [2.05, 4.69) is 10.6 Å². The van der Waals surface area contributed by atoms with Gasteiger partial charge in [-0.2, -0.15) is 0 Å². The van der Waals surface area contributed by atoms with Gasteiger partial charge in [0, 0.05) is 19.0 Å². The van der Waals surface area contributed by atoms with Crippen LogP contribution in [0.15, 0.2) is 30.3 Å². The number of anilines is 2. The van der Waals surface area contributed by atoms with E-state index >= 15 is 0 Å². The Bertz CT molecular complexity index is 950. The first-order chi connectivity index (χ1) is 14.2. The fourth-order valence-corrected chi connectivity index (χ4v) is 3.35. The summed E-state index contributed by atoms with van der Waals surface area (Å²) in [5, 5.41) is 16.0. The summed E-state index contributed by atoms with van der Waals surface area (Å²) in [6.45, 7) is 13.6. The summed E-state index contributed by atoms with van der Waals surface area (Å²) in [5.74, 6) is -0.867. The molecule has 0 fully saturated rings. The number of hydrogen-bond acceptors (Lipinski definition) is 3. The number of halogens is 1. The number of nitrogens with one attached hydrogen (secondary N) is 2.